The van der Waals surface area contributed by atoms with Crippen LogP contribution >= 0.6 is 0 Å². The van der Waals surface area contributed by atoms with Crippen LogP contribution in [0.4, 0.5) is 27.6 Å². The van der Waals surface area contributed by atoms with E-state index in [-0.39, 0.29) is 23.4 Å². The molecule has 0 aliphatic rings. The van der Waals surface area contributed by atoms with Gasteiger partial charge in [-0.2, -0.15) is 13.2 Å². The number of benzene rings is 2. The molecule has 0 amide bonds. The first kappa shape index (κ1) is 16.9. The van der Waals surface area contributed by atoms with Gasteiger partial charge in [0.1, 0.15) is 11.6 Å². The summed E-state index contributed by atoms with van der Waals surface area (Å²) in [5.74, 6) is -2.32. The third kappa shape index (κ3) is 3.85. The van der Waals surface area contributed by atoms with Crippen molar-refractivity contribution in [2.75, 3.05) is 5.32 Å². The zero-order valence-electron chi connectivity index (χ0n) is 12.0. The number of halogens is 5. The molecule has 0 saturated carbocycles. The van der Waals surface area contributed by atoms with E-state index in [0.29, 0.717) is 6.07 Å². The maximum absolute atomic E-state index is 13.7. The largest absolute Gasteiger partial charge is 0.416 e. The van der Waals surface area contributed by atoms with Crippen LogP contribution < -0.4 is 5.32 Å². The van der Waals surface area contributed by atoms with Gasteiger partial charge in [0.25, 0.3) is 0 Å². The van der Waals surface area contributed by atoms with Crippen molar-refractivity contribution in [2.45, 2.75) is 19.6 Å². The highest BCUT2D eigenvalue weighted by Crippen LogP contribution is 2.33. The van der Waals surface area contributed by atoms with Gasteiger partial charge in [-0.1, -0.05) is 12.1 Å². The van der Waals surface area contributed by atoms with Crippen molar-refractivity contribution in [2.24, 2.45) is 0 Å². The fourth-order valence-electron chi connectivity index (χ4n) is 2.19. The summed E-state index contributed by atoms with van der Waals surface area (Å²) in [6, 6.07) is 6.10. The van der Waals surface area contributed by atoms with E-state index in [1.807, 2.05) is 0 Å². The van der Waals surface area contributed by atoms with Crippen molar-refractivity contribution in [3.63, 3.8) is 0 Å². The van der Waals surface area contributed by atoms with Crippen LogP contribution in [-0.2, 0) is 12.7 Å². The number of anilines is 1. The van der Waals surface area contributed by atoms with Gasteiger partial charge in [0, 0.05) is 12.2 Å². The third-order valence-corrected chi connectivity index (χ3v) is 3.21. The molecule has 2 aromatic carbocycles. The van der Waals surface area contributed by atoms with E-state index in [1.165, 1.54) is 12.1 Å². The molecule has 2 rings (SSSR count). The first-order chi connectivity index (χ1) is 10.7. The van der Waals surface area contributed by atoms with Gasteiger partial charge in [-0.15, -0.1) is 0 Å². The highest BCUT2D eigenvalue weighted by Gasteiger charge is 2.33. The molecule has 23 heavy (non-hydrogen) atoms. The minimum atomic E-state index is -4.72. The molecule has 0 aliphatic carbocycles. The second-order valence-electron chi connectivity index (χ2n) is 4.87. The number of alkyl halides is 3. The smallest absolute Gasteiger partial charge is 0.380 e. The Labute approximate surface area is 128 Å². The van der Waals surface area contributed by atoms with Crippen LogP contribution in [0.3, 0.4) is 0 Å². The molecule has 122 valence electrons. The van der Waals surface area contributed by atoms with E-state index in [2.05, 4.69) is 5.32 Å². The standard InChI is InChI=1S/C16H12F5NO/c1-9(23)15-13(18)3-2-4-14(15)22-8-10-5-6-11(17)7-12(10)16(19,20)21/h2-7,22H,8H2,1H3. The molecule has 2 nitrogen and oxygen atoms in total. The molecular formula is C16H12F5NO. The Morgan fingerprint density at radius 1 is 1.13 bits per heavy atom. The zero-order chi connectivity index (χ0) is 17.2. The monoisotopic (exact) mass is 329 g/mol. The van der Waals surface area contributed by atoms with Crippen LogP contribution in [-0.4, -0.2) is 5.78 Å². The van der Waals surface area contributed by atoms with Crippen LogP contribution in [0, 0.1) is 11.6 Å². The van der Waals surface area contributed by atoms with Crippen molar-refractivity contribution >= 4 is 11.5 Å². The minimum absolute atomic E-state index is 0.0787. The fraction of sp³-hybridized carbons (Fsp3) is 0.188. The van der Waals surface area contributed by atoms with Crippen LogP contribution in [0.15, 0.2) is 36.4 Å². The Kier molecular flexibility index (Phi) is 4.68. The maximum atomic E-state index is 13.7. The molecule has 0 saturated heterocycles. The SMILES string of the molecule is CC(=O)c1c(F)cccc1NCc1ccc(F)cc1C(F)(F)F. The molecule has 0 unspecified atom stereocenters. The normalized spacial score (nSPS) is 11.4. The molecule has 0 aliphatic heterocycles. The van der Waals surface area contributed by atoms with E-state index in [1.54, 1.807) is 0 Å². The van der Waals surface area contributed by atoms with Crippen molar-refractivity contribution in [1.82, 2.24) is 0 Å². The van der Waals surface area contributed by atoms with Gasteiger partial charge >= 0.3 is 6.18 Å². The molecule has 0 spiro atoms. The first-order valence-corrected chi connectivity index (χ1v) is 6.59. The highest BCUT2D eigenvalue weighted by molar-refractivity contribution is 5.99. The van der Waals surface area contributed by atoms with Gasteiger partial charge in [0.15, 0.2) is 5.78 Å². The lowest BCUT2D eigenvalue weighted by Gasteiger charge is -2.15. The van der Waals surface area contributed by atoms with Gasteiger partial charge in [-0.25, -0.2) is 8.78 Å². The van der Waals surface area contributed by atoms with Crippen LogP contribution in [0.1, 0.15) is 28.4 Å². The fourth-order valence-corrected chi connectivity index (χ4v) is 2.19. The van der Waals surface area contributed by atoms with Gasteiger partial charge in [-0.05, 0) is 36.8 Å². The first-order valence-electron chi connectivity index (χ1n) is 6.59. The summed E-state index contributed by atoms with van der Waals surface area (Å²) in [5, 5.41) is 2.60. The van der Waals surface area contributed by atoms with Crippen molar-refractivity contribution in [1.29, 1.82) is 0 Å². The summed E-state index contributed by atoms with van der Waals surface area (Å²) in [7, 11) is 0. The molecule has 0 radical (unpaired) electrons. The molecule has 0 heterocycles. The molecule has 7 heteroatoms. The summed E-state index contributed by atoms with van der Waals surface area (Å²) in [5.41, 5.74) is -1.48. The van der Waals surface area contributed by atoms with Crippen molar-refractivity contribution < 1.29 is 26.7 Å². The quantitative estimate of drug-likeness (QED) is 0.645. The Morgan fingerprint density at radius 2 is 1.83 bits per heavy atom. The van der Waals surface area contributed by atoms with Crippen LogP contribution in [0.25, 0.3) is 0 Å². The number of ketones is 1. The van der Waals surface area contributed by atoms with Crippen LogP contribution in [0.2, 0.25) is 0 Å². The van der Waals surface area contributed by atoms with E-state index in [0.717, 1.165) is 25.1 Å². The predicted octanol–water partition coefficient (Wildman–Crippen LogP) is 4.80. The molecule has 0 fully saturated rings. The van der Waals surface area contributed by atoms with Crippen molar-refractivity contribution in [3.05, 3.63) is 64.7 Å². The summed E-state index contributed by atoms with van der Waals surface area (Å²) < 4.78 is 65.5. The number of hydrogen-bond acceptors (Lipinski definition) is 2. The maximum Gasteiger partial charge on any atom is 0.416 e. The lowest BCUT2D eigenvalue weighted by atomic mass is 10.1. The number of hydrogen-bond donors (Lipinski definition) is 1. The summed E-state index contributed by atoms with van der Waals surface area (Å²) in [6.45, 7) is 0.821. The van der Waals surface area contributed by atoms with E-state index < -0.39 is 29.2 Å². The second-order valence-corrected chi connectivity index (χ2v) is 4.87. The van der Waals surface area contributed by atoms with Crippen LogP contribution in [0.5, 0.6) is 0 Å². The topological polar surface area (TPSA) is 29.1 Å². The van der Waals surface area contributed by atoms with Gasteiger partial charge in [-0.3, -0.25) is 4.79 Å². The molecule has 0 bridgehead atoms. The molecule has 0 aromatic heterocycles. The average Bonchev–Trinajstić information content (AvgIpc) is 2.44. The lowest BCUT2D eigenvalue weighted by molar-refractivity contribution is -0.138. The van der Waals surface area contributed by atoms with E-state index in [9.17, 15) is 26.7 Å². The number of nitrogens with one attached hydrogen (secondary N) is 1. The number of rotatable bonds is 4. The summed E-state index contributed by atoms with van der Waals surface area (Å²) in [6.07, 6.45) is -4.72. The summed E-state index contributed by atoms with van der Waals surface area (Å²) in [4.78, 5) is 11.5. The summed E-state index contributed by atoms with van der Waals surface area (Å²) >= 11 is 0. The Bertz CT molecular complexity index is 740. The highest BCUT2D eigenvalue weighted by atomic mass is 19.4. The Morgan fingerprint density at radius 3 is 2.43 bits per heavy atom. The minimum Gasteiger partial charge on any atom is -0.380 e. The lowest BCUT2D eigenvalue weighted by Crippen LogP contribution is -2.13. The van der Waals surface area contributed by atoms with Gasteiger partial charge in [0.05, 0.1) is 11.1 Å². The number of carbonyl (C=O) groups is 1. The van der Waals surface area contributed by atoms with Crippen molar-refractivity contribution in [3.8, 4) is 0 Å². The molecular weight excluding hydrogens is 317 g/mol. The Balaban J connectivity index is 2.33. The molecule has 2 aromatic rings. The third-order valence-electron chi connectivity index (χ3n) is 3.21. The second kappa shape index (κ2) is 6.36. The average molecular weight is 329 g/mol. The predicted molar refractivity (Wildman–Crippen MR) is 75.1 cm³/mol. The zero-order valence-corrected chi connectivity index (χ0v) is 12.0. The molecule has 0 atom stereocenters. The Hall–Kier alpha value is -2.44. The van der Waals surface area contributed by atoms with Gasteiger partial charge in [0.2, 0.25) is 0 Å². The molecule has 1 N–H and O–H groups in total. The van der Waals surface area contributed by atoms with E-state index >= 15 is 0 Å². The number of Topliss-reactive ketones (excluding diaryl/α,β-unsaturated/α-hetero) is 1. The van der Waals surface area contributed by atoms with Gasteiger partial charge < -0.3 is 5.32 Å². The number of carbonyl (C=O) groups excluding carboxylic acids is 1. The van der Waals surface area contributed by atoms with E-state index in [4.69, 9.17) is 0 Å².